The molecule has 0 saturated heterocycles. The second-order valence-electron chi connectivity index (χ2n) is 7.20. The van der Waals surface area contributed by atoms with E-state index in [1.165, 1.54) is 55.8 Å². The lowest BCUT2D eigenvalue weighted by molar-refractivity contribution is -0.137. The molecule has 3 N–H and O–H groups in total. The molecule has 0 heterocycles. The predicted octanol–water partition coefficient (Wildman–Crippen LogP) is 4.42. The quantitative estimate of drug-likeness (QED) is 0.215. The Kier molecular flexibility index (Phi) is 8.17. The molecule has 1 amide bonds. The molecule has 0 aliphatic rings. The molecule has 0 aromatic heterocycles. The maximum absolute atomic E-state index is 12.8. The fourth-order valence-corrected chi connectivity index (χ4v) is 3.36. The van der Waals surface area contributed by atoms with E-state index in [0.717, 1.165) is 12.1 Å². The van der Waals surface area contributed by atoms with Crippen LogP contribution in [0.3, 0.4) is 0 Å². The first kappa shape index (κ1) is 26.5. The molecule has 190 valence electrons. The van der Waals surface area contributed by atoms with Gasteiger partial charge < -0.3 is 14.8 Å². The number of nitrogens with zero attached hydrogens (tertiary/aromatic N) is 1. The normalized spacial score (nSPS) is 11.8. The highest BCUT2D eigenvalue weighted by atomic mass is 32.2. The summed E-state index contributed by atoms with van der Waals surface area (Å²) in [6.07, 6.45) is -3.08. The molecule has 3 aromatic rings. The van der Waals surface area contributed by atoms with Crippen molar-refractivity contribution in [2.75, 3.05) is 24.5 Å². The molecule has 0 fully saturated rings. The summed E-state index contributed by atoms with van der Waals surface area (Å²) in [5.74, 6) is -0.155. The van der Waals surface area contributed by atoms with Crippen LogP contribution in [0.2, 0.25) is 0 Å². The highest BCUT2D eigenvalue weighted by Crippen LogP contribution is 2.31. The summed E-state index contributed by atoms with van der Waals surface area (Å²) in [5, 5.41) is 6.37. The number of anilines is 2. The average molecular weight is 523 g/mol. The molecule has 0 spiro atoms. The number of nitrogens with one attached hydrogen (secondary N) is 2. The molecule has 36 heavy (non-hydrogen) atoms. The lowest BCUT2D eigenvalue weighted by Crippen LogP contribution is -2.20. The first-order valence-corrected chi connectivity index (χ1v) is 11.5. The van der Waals surface area contributed by atoms with Gasteiger partial charge in [-0.15, -0.1) is 0 Å². The molecular formula is C23H20F3N3O6S. The molecule has 0 aliphatic carbocycles. The highest BCUT2D eigenvalue weighted by molar-refractivity contribution is 7.85. The van der Waals surface area contributed by atoms with Crippen LogP contribution in [-0.2, 0) is 21.1 Å². The summed E-state index contributed by atoms with van der Waals surface area (Å²) < 4.78 is 80.3. The maximum atomic E-state index is 12.8. The third kappa shape index (κ3) is 7.45. The van der Waals surface area contributed by atoms with Gasteiger partial charge in [0.05, 0.1) is 29.5 Å². The van der Waals surface area contributed by atoms with Gasteiger partial charge in [0, 0.05) is 5.69 Å². The van der Waals surface area contributed by atoms with E-state index in [2.05, 4.69) is 15.8 Å². The van der Waals surface area contributed by atoms with Crippen molar-refractivity contribution >= 4 is 33.6 Å². The van der Waals surface area contributed by atoms with Crippen LogP contribution in [0, 0.1) is 0 Å². The molecule has 0 aliphatic heterocycles. The largest absolute Gasteiger partial charge is 0.493 e. The number of benzene rings is 3. The monoisotopic (exact) mass is 523 g/mol. The van der Waals surface area contributed by atoms with E-state index in [9.17, 15) is 26.4 Å². The summed E-state index contributed by atoms with van der Waals surface area (Å²) in [5.41, 5.74) is 2.86. The number of alkyl halides is 3. The van der Waals surface area contributed by atoms with E-state index in [0.29, 0.717) is 11.3 Å². The van der Waals surface area contributed by atoms with Gasteiger partial charge in [0.15, 0.2) is 18.1 Å². The van der Waals surface area contributed by atoms with Crippen molar-refractivity contribution in [2.45, 2.75) is 11.1 Å². The first-order valence-electron chi connectivity index (χ1n) is 10.1. The Morgan fingerprint density at radius 3 is 2.39 bits per heavy atom. The number of carbonyl (C=O) groups excluding carboxylic acids is 1. The van der Waals surface area contributed by atoms with Gasteiger partial charge in [-0.3, -0.25) is 14.8 Å². The third-order valence-electron chi connectivity index (χ3n) is 4.58. The van der Waals surface area contributed by atoms with Gasteiger partial charge in [-0.1, -0.05) is 6.07 Å². The molecule has 0 bridgehead atoms. The minimum atomic E-state index is -4.53. The van der Waals surface area contributed by atoms with Crippen LogP contribution >= 0.6 is 0 Å². The van der Waals surface area contributed by atoms with E-state index < -0.39 is 34.4 Å². The van der Waals surface area contributed by atoms with Gasteiger partial charge in [0.25, 0.3) is 16.0 Å². The second-order valence-corrected chi connectivity index (χ2v) is 8.62. The van der Waals surface area contributed by atoms with Crippen LogP contribution in [0.25, 0.3) is 0 Å². The van der Waals surface area contributed by atoms with Gasteiger partial charge in [0.2, 0.25) is 0 Å². The van der Waals surface area contributed by atoms with Crippen LogP contribution in [0.15, 0.2) is 76.7 Å². The molecule has 3 rings (SSSR count). The van der Waals surface area contributed by atoms with Crippen molar-refractivity contribution in [3.8, 4) is 11.5 Å². The van der Waals surface area contributed by atoms with Crippen molar-refractivity contribution < 1.29 is 40.4 Å². The zero-order chi connectivity index (χ0) is 26.3. The van der Waals surface area contributed by atoms with Gasteiger partial charge in [0.1, 0.15) is 0 Å². The van der Waals surface area contributed by atoms with Gasteiger partial charge >= 0.3 is 6.18 Å². The van der Waals surface area contributed by atoms with Crippen molar-refractivity contribution in [3.63, 3.8) is 0 Å². The number of amides is 1. The summed E-state index contributed by atoms with van der Waals surface area (Å²) in [6, 6.07) is 14.2. The molecule has 9 nitrogen and oxygen atoms in total. The number of carbonyl (C=O) groups is 1. The van der Waals surface area contributed by atoms with E-state index in [1.807, 2.05) is 0 Å². The number of hydrazone groups is 1. The van der Waals surface area contributed by atoms with Crippen LogP contribution in [-0.4, -0.2) is 38.8 Å². The van der Waals surface area contributed by atoms with Crippen molar-refractivity contribution in [3.05, 3.63) is 77.9 Å². The standard InChI is InChI=1S/C23H20F3N3O6S/c1-34-21-11-15(13-27-29-17-6-8-19(9-7-17)36(31,32)33)5-10-20(21)35-14-22(30)28-18-4-2-3-16(12-18)23(24,25)26/h2-13,29H,14H2,1H3,(H,28,30)(H,31,32,33)/b27-13-. The van der Waals surface area contributed by atoms with Gasteiger partial charge in [-0.05, 0) is 66.2 Å². The van der Waals surface area contributed by atoms with Gasteiger partial charge in [-0.2, -0.15) is 26.7 Å². The fraction of sp³-hybridized carbons (Fsp3) is 0.130. The summed E-state index contributed by atoms with van der Waals surface area (Å²) in [7, 11) is -2.90. The number of methoxy groups -OCH3 is 1. The number of hydrogen-bond donors (Lipinski definition) is 3. The number of halogens is 3. The highest BCUT2D eigenvalue weighted by Gasteiger charge is 2.30. The van der Waals surface area contributed by atoms with Crippen molar-refractivity contribution in [1.82, 2.24) is 0 Å². The predicted molar refractivity (Wildman–Crippen MR) is 126 cm³/mol. The molecule has 0 unspecified atom stereocenters. The Morgan fingerprint density at radius 1 is 1.03 bits per heavy atom. The minimum Gasteiger partial charge on any atom is -0.493 e. The zero-order valence-electron chi connectivity index (χ0n) is 18.6. The van der Waals surface area contributed by atoms with Crippen LogP contribution < -0.4 is 20.2 Å². The van der Waals surface area contributed by atoms with E-state index >= 15 is 0 Å². The van der Waals surface area contributed by atoms with E-state index in [4.69, 9.17) is 14.0 Å². The Balaban J connectivity index is 1.58. The second kappa shape index (κ2) is 11.1. The maximum Gasteiger partial charge on any atom is 0.416 e. The lowest BCUT2D eigenvalue weighted by Gasteiger charge is -2.12. The number of rotatable bonds is 9. The lowest BCUT2D eigenvalue weighted by atomic mass is 10.2. The van der Waals surface area contributed by atoms with Crippen molar-refractivity contribution in [2.24, 2.45) is 5.10 Å². The summed E-state index contributed by atoms with van der Waals surface area (Å²) in [6.45, 7) is -0.471. The Hall–Kier alpha value is -4.10. The summed E-state index contributed by atoms with van der Waals surface area (Å²) >= 11 is 0. The SMILES string of the molecule is COc1cc(/C=N\Nc2ccc(S(=O)(=O)O)cc2)ccc1OCC(=O)Nc1cccc(C(F)(F)F)c1. The van der Waals surface area contributed by atoms with E-state index in [1.54, 1.807) is 12.1 Å². The van der Waals surface area contributed by atoms with Crippen molar-refractivity contribution in [1.29, 1.82) is 0 Å². The van der Waals surface area contributed by atoms with E-state index in [-0.39, 0.29) is 22.1 Å². The number of hydrogen-bond acceptors (Lipinski definition) is 7. The summed E-state index contributed by atoms with van der Waals surface area (Å²) in [4.78, 5) is 11.9. The zero-order valence-corrected chi connectivity index (χ0v) is 19.4. The minimum absolute atomic E-state index is 0.0166. The topological polar surface area (TPSA) is 126 Å². The molecule has 0 radical (unpaired) electrons. The number of ether oxygens (including phenoxy) is 2. The molecule has 0 saturated carbocycles. The smallest absolute Gasteiger partial charge is 0.416 e. The van der Waals surface area contributed by atoms with Crippen LogP contribution in [0.4, 0.5) is 24.5 Å². The average Bonchev–Trinajstić information content (AvgIpc) is 2.82. The van der Waals surface area contributed by atoms with Gasteiger partial charge in [-0.25, -0.2) is 0 Å². The molecule has 13 heteroatoms. The first-order chi connectivity index (χ1) is 17.0. The molecule has 0 atom stereocenters. The molecule has 3 aromatic carbocycles. The van der Waals surface area contributed by atoms with Crippen LogP contribution in [0.5, 0.6) is 11.5 Å². The third-order valence-corrected chi connectivity index (χ3v) is 5.45. The Morgan fingerprint density at radius 2 is 1.75 bits per heavy atom. The fourth-order valence-electron chi connectivity index (χ4n) is 2.88. The Bertz CT molecular complexity index is 1360. The molecular weight excluding hydrogens is 503 g/mol. The van der Waals surface area contributed by atoms with Crippen LogP contribution in [0.1, 0.15) is 11.1 Å². The Labute approximate surface area is 204 Å².